The van der Waals surface area contributed by atoms with Crippen LogP contribution in [0.5, 0.6) is 0 Å². The fourth-order valence-electron chi connectivity index (χ4n) is 3.00. The third-order valence-electron chi connectivity index (χ3n) is 4.35. The van der Waals surface area contributed by atoms with Crippen molar-refractivity contribution in [1.29, 1.82) is 0 Å². The first-order valence-corrected chi connectivity index (χ1v) is 9.46. The third-order valence-corrected chi connectivity index (χ3v) is 4.72. The number of benzene rings is 1. The van der Waals surface area contributed by atoms with E-state index in [1.807, 2.05) is 31.2 Å². The number of nitrogens with one attached hydrogen (secondary N) is 1. The molecule has 0 unspecified atom stereocenters. The molecule has 26 heavy (non-hydrogen) atoms. The summed E-state index contributed by atoms with van der Waals surface area (Å²) in [5.41, 5.74) is 1.12. The smallest absolute Gasteiger partial charge is 0.309 e. The highest BCUT2D eigenvalue weighted by molar-refractivity contribution is 14.0. The maximum Gasteiger partial charge on any atom is 0.309 e. The molecule has 1 aliphatic rings. The highest BCUT2D eigenvalue weighted by atomic mass is 127. The molecule has 1 aromatic carbocycles. The Bertz CT molecular complexity index is 590. The van der Waals surface area contributed by atoms with Crippen LogP contribution >= 0.6 is 35.6 Å². The van der Waals surface area contributed by atoms with Gasteiger partial charge in [0.2, 0.25) is 0 Å². The third kappa shape index (κ3) is 6.95. The average molecular weight is 494 g/mol. The van der Waals surface area contributed by atoms with Crippen molar-refractivity contribution in [1.82, 2.24) is 10.2 Å². The first-order chi connectivity index (χ1) is 12.2. The monoisotopic (exact) mass is 493 g/mol. The van der Waals surface area contributed by atoms with Crippen LogP contribution in [0.4, 0.5) is 0 Å². The summed E-state index contributed by atoms with van der Waals surface area (Å²) >= 11 is 6.20. The van der Waals surface area contributed by atoms with E-state index in [0.29, 0.717) is 13.2 Å². The number of ether oxygens (including phenoxy) is 1. The Morgan fingerprint density at radius 3 is 2.62 bits per heavy atom. The lowest BCUT2D eigenvalue weighted by atomic mass is 9.97. The number of hydrogen-bond donors (Lipinski definition) is 1. The van der Waals surface area contributed by atoms with Gasteiger partial charge in [-0.15, -0.1) is 24.0 Å². The number of halogens is 2. The summed E-state index contributed by atoms with van der Waals surface area (Å²) in [7, 11) is 0. The second kappa shape index (κ2) is 12.4. The van der Waals surface area contributed by atoms with E-state index < -0.39 is 0 Å². The van der Waals surface area contributed by atoms with Gasteiger partial charge in [-0.1, -0.05) is 29.8 Å². The summed E-state index contributed by atoms with van der Waals surface area (Å²) in [6.45, 7) is 7.51. The summed E-state index contributed by atoms with van der Waals surface area (Å²) in [4.78, 5) is 18.8. The van der Waals surface area contributed by atoms with E-state index in [9.17, 15) is 4.79 Å². The van der Waals surface area contributed by atoms with Crippen LogP contribution in [0.3, 0.4) is 0 Å². The molecule has 1 aliphatic heterocycles. The van der Waals surface area contributed by atoms with Crippen LogP contribution in [0.2, 0.25) is 5.02 Å². The molecular formula is C19H29ClIN3O2. The van der Waals surface area contributed by atoms with Gasteiger partial charge in [0.15, 0.2) is 5.96 Å². The lowest BCUT2D eigenvalue weighted by Gasteiger charge is -2.33. The van der Waals surface area contributed by atoms with Gasteiger partial charge >= 0.3 is 5.97 Å². The minimum atomic E-state index is -0.0668. The number of hydrogen-bond acceptors (Lipinski definition) is 3. The number of nitrogens with zero attached hydrogens (tertiary/aromatic N) is 2. The van der Waals surface area contributed by atoms with Crippen LogP contribution in [-0.2, 0) is 16.0 Å². The molecule has 1 heterocycles. The fraction of sp³-hybridized carbons (Fsp3) is 0.579. The molecule has 1 N–H and O–H groups in total. The molecule has 0 saturated carbocycles. The van der Waals surface area contributed by atoms with Crippen molar-refractivity contribution in [2.45, 2.75) is 33.1 Å². The average Bonchev–Trinajstić information content (AvgIpc) is 2.63. The van der Waals surface area contributed by atoms with Crippen LogP contribution < -0.4 is 5.32 Å². The van der Waals surface area contributed by atoms with Crippen molar-refractivity contribution in [2.24, 2.45) is 10.9 Å². The van der Waals surface area contributed by atoms with Crippen LogP contribution in [0.15, 0.2) is 29.3 Å². The van der Waals surface area contributed by atoms with Gasteiger partial charge in [-0.3, -0.25) is 9.79 Å². The van der Waals surface area contributed by atoms with E-state index in [-0.39, 0.29) is 35.9 Å². The van der Waals surface area contributed by atoms with Crippen LogP contribution in [0.1, 0.15) is 32.3 Å². The molecule has 0 amide bonds. The minimum Gasteiger partial charge on any atom is -0.466 e. The zero-order valence-corrected chi connectivity index (χ0v) is 18.6. The Labute approximate surface area is 178 Å². The Morgan fingerprint density at radius 1 is 1.31 bits per heavy atom. The van der Waals surface area contributed by atoms with Crippen molar-refractivity contribution in [2.75, 3.05) is 32.8 Å². The molecular weight excluding hydrogens is 465 g/mol. The lowest BCUT2D eigenvalue weighted by molar-refractivity contribution is -0.149. The molecule has 7 heteroatoms. The number of piperidine rings is 1. The van der Waals surface area contributed by atoms with Crippen molar-refractivity contribution in [3.05, 3.63) is 34.9 Å². The standard InChI is InChI=1S/C19H28ClN3O2.HI/c1-3-21-19(22-12-9-15-7-5-6-8-17(15)20)23-13-10-16(11-14-23)18(24)25-4-2;/h5-8,16H,3-4,9-14H2,1-2H3,(H,21,22);1H. The number of rotatable bonds is 6. The molecule has 5 nitrogen and oxygen atoms in total. The largest absolute Gasteiger partial charge is 0.466 e. The predicted octanol–water partition coefficient (Wildman–Crippen LogP) is 3.74. The van der Waals surface area contributed by atoms with E-state index in [2.05, 4.69) is 17.1 Å². The minimum absolute atomic E-state index is 0. The highest BCUT2D eigenvalue weighted by Crippen LogP contribution is 2.19. The molecule has 1 fully saturated rings. The van der Waals surface area contributed by atoms with E-state index >= 15 is 0 Å². The second-order valence-electron chi connectivity index (χ2n) is 6.09. The number of carbonyl (C=O) groups is 1. The van der Waals surface area contributed by atoms with E-state index in [1.54, 1.807) is 0 Å². The zero-order valence-electron chi connectivity index (χ0n) is 15.5. The normalized spacial score (nSPS) is 15.3. The topological polar surface area (TPSA) is 53.9 Å². The van der Waals surface area contributed by atoms with E-state index in [1.165, 1.54) is 0 Å². The predicted molar refractivity (Wildman–Crippen MR) is 117 cm³/mol. The van der Waals surface area contributed by atoms with Crippen molar-refractivity contribution in [3.8, 4) is 0 Å². The molecule has 0 radical (unpaired) electrons. The molecule has 0 atom stereocenters. The SMILES string of the molecule is CCNC(=NCCc1ccccc1Cl)N1CCC(C(=O)OCC)CC1.I. The Balaban J connectivity index is 0.00000338. The first kappa shape index (κ1) is 23.0. The lowest BCUT2D eigenvalue weighted by Crippen LogP contribution is -2.46. The fourth-order valence-corrected chi connectivity index (χ4v) is 3.23. The number of likely N-dealkylation sites (tertiary alicyclic amines) is 1. The maximum absolute atomic E-state index is 11.9. The molecule has 0 aliphatic carbocycles. The van der Waals surface area contributed by atoms with Crippen molar-refractivity contribution in [3.63, 3.8) is 0 Å². The van der Waals surface area contributed by atoms with Crippen molar-refractivity contribution >= 4 is 47.5 Å². The Morgan fingerprint density at radius 2 is 2.00 bits per heavy atom. The van der Waals surface area contributed by atoms with Gasteiger partial charge < -0.3 is 15.0 Å². The summed E-state index contributed by atoms with van der Waals surface area (Å²) in [5.74, 6) is 0.863. The number of carbonyl (C=O) groups excluding carboxylic acids is 1. The van der Waals surface area contributed by atoms with Gasteiger partial charge in [-0.25, -0.2) is 0 Å². The van der Waals surface area contributed by atoms with Gasteiger partial charge in [0, 0.05) is 31.2 Å². The van der Waals surface area contributed by atoms with Crippen LogP contribution in [0.25, 0.3) is 0 Å². The molecule has 0 aromatic heterocycles. The summed E-state index contributed by atoms with van der Waals surface area (Å²) < 4.78 is 5.13. The number of guanidine groups is 1. The van der Waals surface area contributed by atoms with E-state index in [0.717, 1.165) is 55.4 Å². The van der Waals surface area contributed by atoms with E-state index in [4.69, 9.17) is 21.3 Å². The summed E-state index contributed by atoms with van der Waals surface area (Å²) in [6, 6.07) is 7.88. The molecule has 1 aromatic rings. The number of aliphatic imine (C=N–C) groups is 1. The second-order valence-corrected chi connectivity index (χ2v) is 6.50. The van der Waals surface area contributed by atoms with Crippen LogP contribution in [-0.4, -0.2) is 49.6 Å². The quantitative estimate of drug-likeness (QED) is 0.284. The van der Waals surface area contributed by atoms with Gasteiger partial charge in [-0.2, -0.15) is 0 Å². The summed E-state index contributed by atoms with van der Waals surface area (Å²) in [6.07, 6.45) is 2.44. The number of esters is 1. The molecule has 0 bridgehead atoms. The van der Waals surface area contributed by atoms with Crippen LogP contribution in [0, 0.1) is 5.92 Å². The van der Waals surface area contributed by atoms with Gasteiger partial charge in [-0.05, 0) is 44.7 Å². The molecule has 1 saturated heterocycles. The molecule has 146 valence electrons. The van der Waals surface area contributed by atoms with Gasteiger partial charge in [0.05, 0.1) is 12.5 Å². The zero-order chi connectivity index (χ0) is 18.1. The highest BCUT2D eigenvalue weighted by Gasteiger charge is 2.27. The maximum atomic E-state index is 11.9. The summed E-state index contributed by atoms with van der Waals surface area (Å²) in [5, 5.41) is 4.14. The van der Waals surface area contributed by atoms with Crippen molar-refractivity contribution < 1.29 is 9.53 Å². The molecule has 2 rings (SSSR count). The Hall–Kier alpha value is -1.02. The molecule has 0 spiro atoms. The van der Waals surface area contributed by atoms with Gasteiger partial charge in [0.25, 0.3) is 0 Å². The van der Waals surface area contributed by atoms with Gasteiger partial charge in [0.1, 0.15) is 0 Å². The Kier molecular flexibility index (Phi) is 11.0. The first-order valence-electron chi connectivity index (χ1n) is 9.09.